The van der Waals surface area contributed by atoms with Gasteiger partial charge in [0.25, 0.3) is 16.9 Å². The fraction of sp³-hybridized carbons (Fsp3) is 0.0667. The quantitative estimate of drug-likeness (QED) is 0.603. The van der Waals surface area contributed by atoms with Crippen LogP contribution in [0.2, 0.25) is 0 Å². The van der Waals surface area contributed by atoms with Gasteiger partial charge in [-0.15, -0.1) is 0 Å². The van der Waals surface area contributed by atoms with E-state index >= 15 is 0 Å². The van der Waals surface area contributed by atoms with Crippen molar-refractivity contribution in [3.63, 3.8) is 0 Å². The van der Waals surface area contributed by atoms with Crippen LogP contribution in [0, 0.1) is 0 Å². The zero-order valence-electron chi connectivity index (χ0n) is 12.7. The zero-order chi connectivity index (χ0) is 18.9. The molecule has 0 spiro atoms. The summed E-state index contributed by atoms with van der Waals surface area (Å²) >= 11 is 0. The van der Waals surface area contributed by atoms with E-state index in [1.165, 1.54) is 24.3 Å². The van der Waals surface area contributed by atoms with E-state index in [1.807, 2.05) is 5.32 Å². The molecule has 1 heterocycles. The van der Waals surface area contributed by atoms with E-state index in [0.29, 0.717) is 4.90 Å². The molecule has 134 valence electrons. The van der Waals surface area contributed by atoms with Crippen LogP contribution in [0.1, 0.15) is 15.9 Å². The minimum atomic E-state index is -4.55. The highest BCUT2D eigenvalue weighted by molar-refractivity contribution is 6.08. The molecular weight excluding hydrogens is 357 g/mol. The molecule has 0 saturated heterocycles. The van der Waals surface area contributed by atoms with Gasteiger partial charge in [0.05, 0.1) is 5.56 Å². The van der Waals surface area contributed by atoms with Gasteiger partial charge < -0.3 is 10.5 Å². The van der Waals surface area contributed by atoms with E-state index < -0.39 is 23.7 Å². The van der Waals surface area contributed by atoms with Gasteiger partial charge in [0, 0.05) is 17.3 Å². The number of halogens is 3. The number of hydrogen-bond donors (Lipinski definition) is 3. The predicted molar refractivity (Wildman–Crippen MR) is 79.3 cm³/mol. The van der Waals surface area contributed by atoms with Crippen LogP contribution in [0.5, 0.6) is 0 Å². The maximum atomic E-state index is 12.7. The minimum absolute atomic E-state index is 0.0330. The number of carbonyl (C=O) groups is 2. The third-order valence-electron chi connectivity index (χ3n) is 3.34. The van der Waals surface area contributed by atoms with E-state index in [9.17, 15) is 28.0 Å². The number of urea groups is 1. The molecule has 3 rings (SSSR count). The number of alkyl halides is 3. The number of imide groups is 1. The lowest BCUT2D eigenvalue weighted by Crippen LogP contribution is -2.34. The Kier molecular flexibility index (Phi) is 4.20. The zero-order valence-corrected chi connectivity index (χ0v) is 12.7. The molecule has 0 saturated carbocycles. The molecule has 0 aliphatic rings. The van der Waals surface area contributed by atoms with Crippen molar-refractivity contribution in [2.24, 2.45) is 0 Å². The molecule has 0 bridgehead atoms. The highest BCUT2D eigenvalue weighted by Crippen LogP contribution is 2.30. The number of aromatic nitrogens is 2. The van der Waals surface area contributed by atoms with E-state index in [2.05, 4.69) is 15.1 Å². The van der Waals surface area contributed by atoms with Gasteiger partial charge in [-0.25, -0.2) is 4.79 Å². The summed E-state index contributed by atoms with van der Waals surface area (Å²) in [5.41, 5.74) is -0.659. The summed E-state index contributed by atoms with van der Waals surface area (Å²) in [4.78, 5) is 24.3. The Morgan fingerprint density at radius 1 is 1.15 bits per heavy atom. The Balaban J connectivity index is 1.70. The molecule has 3 N–H and O–H groups in total. The predicted octanol–water partition coefficient (Wildman–Crippen LogP) is 2.33. The molecule has 11 heteroatoms. The smallest absolute Gasteiger partial charge is 0.316 e. The first-order chi connectivity index (χ1) is 12.2. The van der Waals surface area contributed by atoms with Gasteiger partial charge in [0.2, 0.25) is 0 Å². The molecule has 26 heavy (non-hydrogen) atoms. The maximum absolute atomic E-state index is 12.7. The molecule has 1 aromatic heterocycles. The molecular formula is C15H10F3N4O4+. The Labute approximate surface area is 142 Å². The van der Waals surface area contributed by atoms with Crippen LogP contribution in [0.25, 0.3) is 11.0 Å². The molecule has 3 amide bonds. The van der Waals surface area contributed by atoms with Crippen molar-refractivity contribution in [1.29, 1.82) is 0 Å². The number of nitrogens with zero attached hydrogens (tertiary/aromatic N) is 2. The van der Waals surface area contributed by atoms with Crippen LogP contribution in [0.4, 0.5) is 23.7 Å². The summed E-state index contributed by atoms with van der Waals surface area (Å²) in [6.07, 6.45) is -4.55. The third-order valence-corrected chi connectivity index (χ3v) is 3.34. The number of rotatable bonds is 2. The third kappa shape index (κ3) is 3.55. The fourth-order valence-corrected chi connectivity index (χ4v) is 2.14. The van der Waals surface area contributed by atoms with E-state index in [0.717, 1.165) is 18.2 Å². The second kappa shape index (κ2) is 6.35. The van der Waals surface area contributed by atoms with Gasteiger partial charge in [-0.3, -0.25) is 10.1 Å². The summed E-state index contributed by atoms with van der Waals surface area (Å²) in [5.74, 6) is -0.816. The monoisotopic (exact) mass is 367 g/mol. The number of carbonyl (C=O) groups excluding carboxylic acids is 2. The Morgan fingerprint density at radius 3 is 2.65 bits per heavy atom. The second-order valence-corrected chi connectivity index (χ2v) is 5.14. The lowest BCUT2D eigenvalue weighted by Gasteiger charge is -2.10. The molecule has 2 aromatic carbocycles. The number of anilines is 1. The first-order valence-corrected chi connectivity index (χ1v) is 7.05. The van der Waals surface area contributed by atoms with E-state index in [-0.39, 0.29) is 22.3 Å². The summed E-state index contributed by atoms with van der Waals surface area (Å²) in [7, 11) is 0. The summed E-state index contributed by atoms with van der Waals surface area (Å²) in [6, 6.07) is 6.87. The molecule has 0 aliphatic heterocycles. The summed E-state index contributed by atoms with van der Waals surface area (Å²) in [6.45, 7) is 0. The van der Waals surface area contributed by atoms with Crippen LogP contribution in [0.3, 0.4) is 0 Å². The Hall–Kier alpha value is -3.63. The number of nitrogens with one attached hydrogen (secondary N) is 2. The summed E-state index contributed by atoms with van der Waals surface area (Å²) < 4.78 is 42.4. The van der Waals surface area contributed by atoms with Crippen molar-refractivity contribution in [1.82, 2.24) is 10.5 Å². The van der Waals surface area contributed by atoms with Gasteiger partial charge in [0.15, 0.2) is 5.16 Å². The topological polar surface area (TPSA) is 108 Å². The molecule has 0 atom stereocenters. The van der Waals surface area contributed by atoms with Crippen LogP contribution < -0.4 is 15.5 Å². The minimum Gasteiger partial charge on any atom is -0.316 e. The van der Waals surface area contributed by atoms with E-state index in [4.69, 9.17) is 0 Å². The molecule has 0 radical (unpaired) electrons. The fourth-order valence-electron chi connectivity index (χ4n) is 2.14. The average molecular weight is 367 g/mol. The molecule has 0 unspecified atom stereocenters. The van der Waals surface area contributed by atoms with Crippen LogP contribution in [0.15, 0.2) is 47.1 Å². The molecule has 3 aromatic rings. The lowest BCUT2D eigenvalue weighted by molar-refractivity contribution is -1.02. The van der Waals surface area contributed by atoms with Crippen molar-refractivity contribution in [2.75, 3.05) is 5.32 Å². The molecule has 8 nitrogen and oxygen atoms in total. The largest absolute Gasteiger partial charge is 0.416 e. The number of hydrogen-bond acceptors (Lipinski definition) is 5. The summed E-state index contributed by atoms with van der Waals surface area (Å²) in [5, 5.41) is 16.9. The van der Waals surface area contributed by atoms with Gasteiger partial charge >= 0.3 is 12.2 Å². The Bertz CT molecular complexity index is 1000. The van der Waals surface area contributed by atoms with Crippen molar-refractivity contribution in [3.05, 3.63) is 53.6 Å². The lowest BCUT2D eigenvalue weighted by atomic mass is 10.2. The van der Waals surface area contributed by atoms with Gasteiger partial charge in [-0.2, -0.15) is 13.2 Å². The standard InChI is InChI=1S/C15H9F3N4O4/c16-15(17,18)9-2-1-3-10(7-9)19-14(24)20-13(23)8-4-5-12-11(6-8)21-26-22(12)25/h1-7H,(H2-,19,20,21,23,24,25)/p+1. The van der Waals surface area contributed by atoms with Crippen LogP contribution in [-0.4, -0.2) is 22.3 Å². The van der Waals surface area contributed by atoms with Crippen molar-refractivity contribution in [2.45, 2.75) is 6.18 Å². The Morgan fingerprint density at radius 2 is 1.92 bits per heavy atom. The van der Waals surface area contributed by atoms with Gasteiger partial charge in [-0.05, 0) is 35.0 Å². The van der Waals surface area contributed by atoms with Gasteiger partial charge in [0.1, 0.15) is 4.90 Å². The highest BCUT2D eigenvalue weighted by Gasteiger charge is 2.30. The molecule has 0 aliphatic carbocycles. The average Bonchev–Trinajstić information content (AvgIpc) is 2.95. The van der Waals surface area contributed by atoms with E-state index in [1.54, 1.807) is 0 Å². The van der Waals surface area contributed by atoms with Crippen molar-refractivity contribution < 1.29 is 37.5 Å². The van der Waals surface area contributed by atoms with Gasteiger partial charge in [-0.1, -0.05) is 6.07 Å². The van der Waals surface area contributed by atoms with Crippen LogP contribution in [-0.2, 0) is 6.18 Å². The first kappa shape index (κ1) is 17.2. The first-order valence-electron chi connectivity index (χ1n) is 7.05. The van der Waals surface area contributed by atoms with Crippen molar-refractivity contribution in [3.8, 4) is 0 Å². The highest BCUT2D eigenvalue weighted by atomic mass is 19.4. The number of benzene rings is 2. The number of amides is 3. The maximum Gasteiger partial charge on any atom is 0.416 e. The van der Waals surface area contributed by atoms with Crippen LogP contribution >= 0.6 is 0 Å². The number of fused-ring (bicyclic) bond motifs is 1. The van der Waals surface area contributed by atoms with Crippen molar-refractivity contribution >= 4 is 28.7 Å². The normalized spacial score (nSPS) is 11.3. The second-order valence-electron chi connectivity index (χ2n) is 5.14. The SMILES string of the molecule is O=C(NC(=O)c1ccc2c(c1)no[n+]2O)Nc1cccc(C(F)(F)F)c1. The molecule has 0 fully saturated rings.